The molecule has 21 heavy (non-hydrogen) atoms. The van der Waals surface area contributed by atoms with E-state index in [2.05, 4.69) is 11.6 Å². The fourth-order valence-corrected chi connectivity index (χ4v) is 3.07. The fraction of sp³-hybridized carbons (Fsp3) is 0.353. The molecule has 0 spiro atoms. The highest BCUT2D eigenvalue weighted by molar-refractivity contribution is 5.87. The third kappa shape index (κ3) is 2.20. The number of allylic oxidation sites excluding steroid dienone is 1. The van der Waals surface area contributed by atoms with Crippen molar-refractivity contribution < 1.29 is 4.79 Å². The Kier molecular flexibility index (Phi) is 3.24. The van der Waals surface area contributed by atoms with E-state index in [0.717, 1.165) is 23.1 Å². The Balaban J connectivity index is 2.22. The van der Waals surface area contributed by atoms with Crippen molar-refractivity contribution in [2.75, 3.05) is 0 Å². The molecule has 1 unspecified atom stereocenters. The van der Waals surface area contributed by atoms with Crippen LogP contribution in [0.15, 0.2) is 35.1 Å². The first-order valence-corrected chi connectivity index (χ1v) is 7.17. The SMILES string of the molecule is C=C1CCC(n2c(C)nc3c(C)cccc3c2=O)C(=O)C1. The highest BCUT2D eigenvalue weighted by atomic mass is 16.1. The molecule has 0 saturated heterocycles. The van der Waals surface area contributed by atoms with Crippen LogP contribution in [0, 0.1) is 13.8 Å². The van der Waals surface area contributed by atoms with Gasteiger partial charge in [-0.1, -0.05) is 24.3 Å². The third-order valence-electron chi connectivity index (χ3n) is 4.19. The Bertz CT molecular complexity index is 817. The molecule has 3 rings (SSSR count). The third-order valence-corrected chi connectivity index (χ3v) is 4.19. The number of carbonyl (C=O) groups is 1. The number of aromatic nitrogens is 2. The Morgan fingerprint density at radius 2 is 2.05 bits per heavy atom. The van der Waals surface area contributed by atoms with Crippen LogP contribution in [0.25, 0.3) is 10.9 Å². The maximum atomic E-state index is 12.8. The Morgan fingerprint density at radius 3 is 2.76 bits per heavy atom. The first-order valence-electron chi connectivity index (χ1n) is 7.17. The highest BCUT2D eigenvalue weighted by Gasteiger charge is 2.28. The number of fused-ring (bicyclic) bond motifs is 1. The van der Waals surface area contributed by atoms with Gasteiger partial charge in [-0.3, -0.25) is 14.2 Å². The average molecular weight is 282 g/mol. The number of ketones is 1. The standard InChI is InChI=1S/C17H18N2O2/c1-10-7-8-14(15(20)9-10)19-12(3)18-16-11(2)5-4-6-13(16)17(19)21/h4-6,14H,1,7-9H2,2-3H3. The molecule has 4 nitrogen and oxygen atoms in total. The summed E-state index contributed by atoms with van der Waals surface area (Å²) in [5.41, 5.74) is 2.53. The average Bonchev–Trinajstić information content (AvgIpc) is 2.42. The molecule has 0 N–H and O–H groups in total. The van der Waals surface area contributed by atoms with Crippen molar-refractivity contribution in [2.24, 2.45) is 0 Å². The molecule has 1 fully saturated rings. The molecule has 1 aromatic heterocycles. The van der Waals surface area contributed by atoms with Crippen molar-refractivity contribution in [2.45, 2.75) is 39.2 Å². The summed E-state index contributed by atoms with van der Waals surface area (Å²) in [5.74, 6) is 0.665. The van der Waals surface area contributed by atoms with E-state index in [1.807, 2.05) is 19.1 Å². The molecule has 1 heterocycles. The van der Waals surface area contributed by atoms with E-state index in [-0.39, 0.29) is 11.3 Å². The number of nitrogens with zero attached hydrogens (tertiary/aromatic N) is 2. The summed E-state index contributed by atoms with van der Waals surface area (Å²) >= 11 is 0. The van der Waals surface area contributed by atoms with Gasteiger partial charge >= 0.3 is 0 Å². The van der Waals surface area contributed by atoms with E-state index >= 15 is 0 Å². The van der Waals surface area contributed by atoms with Crippen molar-refractivity contribution in [3.63, 3.8) is 0 Å². The van der Waals surface area contributed by atoms with Gasteiger partial charge < -0.3 is 0 Å². The van der Waals surface area contributed by atoms with Gasteiger partial charge in [0.25, 0.3) is 5.56 Å². The quantitative estimate of drug-likeness (QED) is 0.756. The summed E-state index contributed by atoms with van der Waals surface area (Å²) in [4.78, 5) is 29.6. The summed E-state index contributed by atoms with van der Waals surface area (Å²) in [6.45, 7) is 7.61. The monoisotopic (exact) mass is 282 g/mol. The number of carbonyl (C=O) groups excluding carboxylic acids is 1. The smallest absolute Gasteiger partial charge is 0.262 e. The van der Waals surface area contributed by atoms with Gasteiger partial charge in [-0.25, -0.2) is 4.98 Å². The zero-order valence-corrected chi connectivity index (χ0v) is 12.3. The van der Waals surface area contributed by atoms with Gasteiger partial charge in [-0.05, 0) is 38.3 Å². The summed E-state index contributed by atoms with van der Waals surface area (Å²) in [6.07, 6.45) is 1.79. The first-order chi connectivity index (χ1) is 9.99. The van der Waals surface area contributed by atoms with E-state index in [4.69, 9.17) is 0 Å². The molecule has 0 bridgehead atoms. The van der Waals surface area contributed by atoms with Gasteiger partial charge in [0, 0.05) is 6.42 Å². The zero-order valence-electron chi connectivity index (χ0n) is 12.3. The van der Waals surface area contributed by atoms with Gasteiger partial charge in [0.2, 0.25) is 0 Å². The van der Waals surface area contributed by atoms with E-state index in [1.165, 1.54) is 0 Å². The van der Waals surface area contributed by atoms with Crippen LogP contribution >= 0.6 is 0 Å². The van der Waals surface area contributed by atoms with Crippen LogP contribution in [0.3, 0.4) is 0 Å². The molecule has 4 heteroatoms. The van der Waals surface area contributed by atoms with Crippen molar-refractivity contribution >= 4 is 16.7 Å². The maximum Gasteiger partial charge on any atom is 0.262 e. The summed E-state index contributed by atoms with van der Waals surface area (Å²) in [6, 6.07) is 5.17. The lowest BCUT2D eigenvalue weighted by Gasteiger charge is -2.25. The van der Waals surface area contributed by atoms with E-state index < -0.39 is 6.04 Å². The summed E-state index contributed by atoms with van der Waals surface area (Å²) in [5, 5.41) is 0.581. The first kappa shape index (κ1) is 13.7. The van der Waals surface area contributed by atoms with E-state index in [0.29, 0.717) is 24.1 Å². The molecule has 0 amide bonds. The minimum atomic E-state index is -0.402. The van der Waals surface area contributed by atoms with Crippen molar-refractivity contribution in [3.05, 3.63) is 52.1 Å². The molecular formula is C17H18N2O2. The minimum Gasteiger partial charge on any atom is -0.297 e. The van der Waals surface area contributed by atoms with Gasteiger partial charge in [-0.15, -0.1) is 0 Å². The fourth-order valence-electron chi connectivity index (χ4n) is 3.07. The molecule has 2 aromatic rings. The highest BCUT2D eigenvalue weighted by Crippen LogP contribution is 2.28. The van der Waals surface area contributed by atoms with Crippen LogP contribution in [0.4, 0.5) is 0 Å². The number of hydrogen-bond donors (Lipinski definition) is 0. The van der Waals surface area contributed by atoms with Crippen LogP contribution < -0.4 is 5.56 Å². The topological polar surface area (TPSA) is 52.0 Å². The molecule has 0 aliphatic heterocycles. The number of aryl methyl sites for hydroxylation is 2. The summed E-state index contributed by atoms with van der Waals surface area (Å²) < 4.78 is 1.57. The number of rotatable bonds is 1. The number of Topliss-reactive ketones (excluding diaryl/α,β-unsaturated/α-hetero) is 1. The van der Waals surface area contributed by atoms with Crippen LogP contribution in [-0.4, -0.2) is 15.3 Å². The number of para-hydroxylation sites is 1. The zero-order chi connectivity index (χ0) is 15.1. The van der Waals surface area contributed by atoms with Gasteiger partial charge in [0.15, 0.2) is 5.78 Å². The van der Waals surface area contributed by atoms with Gasteiger partial charge in [-0.2, -0.15) is 0 Å². The Labute approximate surface area is 123 Å². The molecular weight excluding hydrogens is 264 g/mol. The second-order valence-corrected chi connectivity index (χ2v) is 5.75. The van der Waals surface area contributed by atoms with E-state index in [9.17, 15) is 9.59 Å². The van der Waals surface area contributed by atoms with Gasteiger partial charge in [0.05, 0.1) is 16.9 Å². The van der Waals surface area contributed by atoms with E-state index in [1.54, 1.807) is 17.6 Å². The van der Waals surface area contributed by atoms with Crippen LogP contribution in [0.5, 0.6) is 0 Å². The molecule has 108 valence electrons. The predicted octanol–water partition coefficient (Wildman–Crippen LogP) is 2.86. The summed E-state index contributed by atoms with van der Waals surface area (Å²) in [7, 11) is 0. The minimum absolute atomic E-state index is 0.0604. The molecule has 1 aliphatic carbocycles. The molecule has 1 aromatic carbocycles. The largest absolute Gasteiger partial charge is 0.297 e. The molecule has 0 radical (unpaired) electrons. The number of benzene rings is 1. The van der Waals surface area contributed by atoms with Crippen molar-refractivity contribution in [3.8, 4) is 0 Å². The normalized spacial score (nSPS) is 19.2. The second-order valence-electron chi connectivity index (χ2n) is 5.75. The van der Waals surface area contributed by atoms with Crippen molar-refractivity contribution in [1.29, 1.82) is 0 Å². The second kappa shape index (κ2) is 4.95. The predicted molar refractivity (Wildman–Crippen MR) is 82.5 cm³/mol. The maximum absolute atomic E-state index is 12.8. The van der Waals surface area contributed by atoms with Crippen LogP contribution in [0.2, 0.25) is 0 Å². The lowest BCUT2D eigenvalue weighted by molar-refractivity contribution is -0.122. The molecule has 1 aliphatic rings. The molecule has 1 saturated carbocycles. The lowest BCUT2D eigenvalue weighted by Crippen LogP contribution is -2.34. The Hall–Kier alpha value is -2.23. The van der Waals surface area contributed by atoms with Gasteiger partial charge in [0.1, 0.15) is 5.82 Å². The Morgan fingerprint density at radius 1 is 1.29 bits per heavy atom. The lowest BCUT2D eigenvalue weighted by atomic mass is 9.90. The van der Waals surface area contributed by atoms with Crippen molar-refractivity contribution in [1.82, 2.24) is 9.55 Å². The molecule has 1 atom stereocenters. The van der Waals surface area contributed by atoms with Crippen LogP contribution in [0.1, 0.15) is 36.7 Å². The van der Waals surface area contributed by atoms with Crippen LogP contribution in [-0.2, 0) is 4.79 Å². The number of hydrogen-bond acceptors (Lipinski definition) is 3.